The summed E-state index contributed by atoms with van der Waals surface area (Å²) in [5, 5.41) is 0. The molecule has 0 aliphatic carbocycles. The van der Waals surface area contributed by atoms with Crippen molar-refractivity contribution in [3.05, 3.63) is 47.2 Å². The Morgan fingerprint density at radius 1 is 1.10 bits per heavy atom. The van der Waals surface area contributed by atoms with Gasteiger partial charge in [0.25, 0.3) is 0 Å². The number of methoxy groups -OCH3 is 1. The smallest absolute Gasteiger partial charge is 0.318 e. The molecule has 30 heavy (non-hydrogen) atoms. The molecule has 0 radical (unpaired) electrons. The van der Waals surface area contributed by atoms with Crippen molar-refractivity contribution < 1.29 is 14.3 Å². The number of carbonyl (C=O) groups excluding carboxylic acids is 1. The average molecular weight is 411 g/mol. The molecule has 2 aromatic rings. The van der Waals surface area contributed by atoms with Gasteiger partial charge in [-0.05, 0) is 44.0 Å². The Kier molecular flexibility index (Phi) is 6.59. The third-order valence-corrected chi connectivity index (χ3v) is 5.84. The van der Waals surface area contributed by atoms with Crippen LogP contribution in [0.25, 0.3) is 0 Å². The van der Waals surface area contributed by atoms with Crippen molar-refractivity contribution in [1.29, 1.82) is 0 Å². The van der Waals surface area contributed by atoms with E-state index >= 15 is 0 Å². The third kappa shape index (κ3) is 4.96. The molecule has 1 aromatic heterocycles. The van der Waals surface area contributed by atoms with Crippen LogP contribution in [0.15, 0.2) is 30.5 Å². The summed E-state index contributed by atoms with van der Waals surface area (Å²) in [6.07, 6.45) is 5.51. The first-order chi connectivity index (χ1) is 14.6. The van der Waals surface area contributed by atoms with E-state index < -0.39 is 0 Å². The molecule has 2 aliphatic rings. The number of likely N-dealkylation sites (tertiary alicyclic amines) is 1. The van der Waals surface area contributed by atoms with Gasteiger partial charge in [0.1, 0.15) is 5.82 Å². The predicted molar refractivity (Wildman–Crippen MR) is 114 cm³/mol. The topological polar surface area (TPSA) is 67.8 Å². The fraction of sp³-hybridized carbons (Fsp3) is 0.522. The molecule has 0 spiro atoms. The summed E-state index contributed by atoms with van der Waals surface area (Å²) in [5.41, 5.74) is 3.26. The van der Waals surface area contributed by atoms with E-state index in [1.165, 1.54) is 31.5 Å². The van der Waals surface area contributed by atoms with Crippen LogP contribution in [0.5, 0.6) is 6.01 Å². The Morgan fingerprint density at radius 3 is 2.50 bits per heavy atom. The molecule has 0 saturated carbocycles. The van der Waals surface area contributed by atoms with Gasteiger partial charge >= 0.3 is 6.01 Å². The van der Waals surface area contributed by atoms with Crippen LogP contribution in [0.2, 0.25) is 0 Å². The van der Waals surface area contributed by atoms with E-state index in [1.54, 1.807) is 18.2 Å². The first-order valence-corrected chi connectivity index (χ1v) is 10.7. The highest BCUT2D eigenvalue weighted by atomic mass is 16.5. The standard InChI is InChI=1S/C23H30N4O3/c1-17(29-2)9-12-30-23-24-14-20-13-21(28)27(22(20)25-23)16-19-7-5-18(6-8-19)15-26-10-3-4-11-26/h5-8,14,17H,3-4,9-13,15-16H2,1-2H3. The highest BCUT2D eigenvalue weighted by Crippen LogP contribution is 2.29. The van der Waals surface area contributed by atoms with Gasteiger partial charge in [0.2, 0.25) is 5.91 Å². The second-order valence-electron chi connectivity index (χ2n) is 8.14. The van der Waals surface area contributed by atoms with E-state index in [1.807, 2.05) is 6.92 Å². The summed E-state index contributed by atoms with van der Waals surface area (Å²) in [7, 11) is 1.68. The minimum atomic E-state index is 0.0469. The van der Waals surface area contributed by atoms with Crippen LogP contribution in [0, 0.1) is 0 Å². The summed E-state index contributed by atoms with van der Waals surface area (Å²) in [6, 6.07) is 8.86. The van der Waals surface area contributed by atoms with Gasteiger partial charge in [0, 0.05) is 31.8 Å². The normalized spacial score (nSPS) is 17.4. The molecule has 1 unspecified atom stereocenters. The summed E-state index contributed by atoms with van der Waals surface area (Å²) in [6.45, 7) is 6.35. The third-order valence-electron chi connectivity index (χ3n) is 5.84. The first kappa shape index (κ1) is 20.8. The zero-order chi connectivity index (χ0) is 20.9. The number of rotatable bonds is 9. The molecule has 1 saturated heterocycles. The molecule has 2 aliphatic heterocycles. The number of hydrogen-bond donors (Lipinski definition) is 0. The van der Waals surface area contributed by atoms with Crippen LogP contribution in [-0.2, 0) is 29.0 Å². The largest absolute Gasteiger partial charge is 0.463 e. The van der Waals surface area contributed by atoms with Crippen LogP contribution >= 0.6 is 0 Å². The van der Waals surface area contributed by atoms with Crippen molar-refractivity contribution in [3.63, 3.8) is 0 Å². The van der Waals surface area contributed by atoms with Crippen molar-refractivity contribution in [3.8, 4) is 6.01 Å². The Labute approximate surface area is 178 Å². The molecule has 3 heterocycles. The molecule has 1 aromatic carbocycles. The lowest BCUT2D eigenvalue weighted by Crippen LogP contribution is -2.26. The van der Waals surface area contributed by atoms with Gasteiger partial charge in [-0.25, -0.2) is 4.98 Å². The van der Waals surface area contributed by atoms with Crippen LogP contribution in [0.3, 0.4) is 0 Å². The molecular weight excluding hydrogens is 380 g/mol. The van der Waals surface area contributed by atoms with Gasteiger partial charge < -0.3 is 9.47 Å². The average Bonchev–Trinajstić information content (AvgIpc) is 3.37. The number of ether oxygens (including phenoxy) is 2. The van der Waals surface area contributed by atoms with Crippen molar-refractivity contribution >= 4 is 11.7 Å². The Balaban J connectivity index is 1.40. The number of hydrogen-bond acceptors (Lipinski definition) is 6. The lowest BCUT2D eigenvalue weighted by Gasteiger charge is -2.18. The minimum absolute atomic E-state index is 0.0469. The van der Waals surface area contributed by atoms with E-state index in [-0.39, 0.29) is 12.0 Å². The van der Waals surface area contributed by atoms with E-state index in [2.05, 4.69) is 39.1 Å². The van der Waals surface area contributed by atoms with E-state index in [9.17, 15) is 4.79 Å². The van der Waals surface area contributed by atoms with Crippen molar-refractivity contribution in [2.45, 2.75) is 51.8 Å². The SMILES string of the molecule is COC(C)CCOc1ncc2c(n1)N(Cc1ccc(CN3CCCC3)cc1)C(=O)C2. The molecule has 0 bridgehead atoms. The molecule has 1 fully saturated rings. The van der Waals surface area contributed by atoms with Gasteiger partial charge in [-0.1, -0.05) is 24.3 Å². The van der Waals surface area contributed by atoms with Crippen LogP contribution in [0.1, 0.15) is 42.9 Å². The van der Waals surface area contributed by atoms with Gasteiger partial charge in [-0.15, -0.1) is 0 Å². The fourth-order valence-corrected chi connectivity index (χ4v) is 3.92. The molecule has 4 rings (SSSR count). The number of amides is 1. The first-order valence-electron chi connectivity index (χ1n) is 10.7. The Bertz CT molecular complexity index is 865. The molecule has 160 valence electrons. The van der Waals surface area contributed by atoms with Crippen LogP contribution in [0.4, 0.5) is 5.82 Å². The van der Waals surface area contributed by atoms with Crippen molar-refractivity contribution in [2.75, 3.05) is 31.7 Å². The van der Waals surface area contributed by atoms with E-state index in [4.69, 9.17) is 9.47 Å². The number of benzene rings is 1. The second kappa shape index (κ2) is 9.53. The van der Waals surface area contributed by atoms with E-state index in [0.717, 1.165) is 24.1 Å². The van der Waals surface area contributed by atoms with Gasteiger partial charge in [0.05, 0.1) is 25.7 Å². The van der Waals surface area contributed by atoms with Gasteiger partial charge in [-0.2, -0.15) is 4.98 Å². The molecule has 7 heteroatoms. The number of nitrogens with zero attached hydrogens (tertiary/aromatic N) is 4. The molecule has 7 nitrogen and oxygen atoms in total. The highest BCUT2D eigenvalue weighted by Gasteiger charge is 2.30. The number of carbonyl (C=O) groups is 1. The van der Waals surface area contributed by atoms with Gasteiger partial charge in [-0.3, -0.25) is 14.6 Å². The number of fused-ring (bicyclic) bond motifs is 1. The predicted octanol–water partition coefficient (Wildman–Crippen LogP) is 2.97. The molecule has 0 N–H and O–H groups in total. The number of aromatic nitrogens is 2. The summed E-state index contributed by atoms with van der Waals surface area (Å²) >= 11 is 0. The minimum Gasteiger partial charge on any atom is -0.463 e. The maximum atomic E-state index is 12.6. The van der Waals surface area contributed by atoms with E-state index in [0.29, 0.717) is 31.4 Å². The molecule has 1 amide bonds. The van der Waals surface area contributed by atoms with Crippen LogP contribution in [-0.4, -0.2) is 53.7 Å². The highest BCUT2D eigenvalue weighted by molar-refractivity contribution is 6.00. The van der Waals surface area contributed by atoms with Crippen molar-refractivity contribution in [1.82, 2.24) is 14.9 Å². The second-order valence-corrected chi connectivity index (χ2v) is 8.14. The Morgan fingerprint density at radius 2 is 1.80 bits per heavy atom. The zero-order valence-corrected chi connectivity index (χ0v) is 17.8. The maximum absolute atomic E-state index is 12.6. The maximum Gasteiger partial charge on any atom is 0.318 e. The Hall–Kier alpha value is -2.51. The quantitative estimate of drug-likeness (QED) is 0.633. The van der Waals surface area contributed by atoms with Crippen molar-refractivity contribution in [2.24, 2.45) is 0 Å². The van der Waals surface area contributed by atoms with Gasteiger partial charge in [0.15, 0.2) is 0 Å². The summed E-state index contributed by atoms with van der Waals surface area (Å²) in [4.78, 5) is 25.6. The summed E-state index contributed by atoms with van der Waals surface area (Å²) in [5.74, 6) is 0.705. The fourth-order valence-electron chi connectivity index (χ4n) is 3.92. The molecule has 1 atom stereocenters. The lowest BCUT2D eigenvalue weighted by molar-refractivity contribution is -0.117. The number of anilines is 1. The lowest BCUT2D eigenvalue weighted by atomic mass is 10.1. The zero-order valence-electron chi connectivity index (χ0n) is 17.8. The monoisotopic (exact) mass is 410 g/mol. The molecular formula is C23H30N4O3. The van der Waals surface area contributed by atoms with Crippen LogP contribution < -0.4 is 9.64 Å². The summed E-state index contributed by atoms with van der Waals surface area (Å²) < 4.78 is 10.9.